The zero-order valence-corrected chi connectivity index (χ0v) is 7.88. The van der Waals surface area contributed by atoms with Gasteiger partial charge in [0.1, 0.15) is 12.4 Å². The van der Waals surface area contributed by atoms with Crippen molar-refractivity contribution >= 4 is 23.3 Å². The molecular weight excluding hydrogens is 204 g/mol. The Kier molecular flexibility index (Phi) is 2.32. The first-order valence-corrected chi connectivity index (χ1v) is 4.34. The zero-order chi connectivity index (χ0) is 9.97. The fourth-order valence-corrected chi connectivity index (χ4v) is 1.29. The van der Waals surface area contributed by atoms with Gasteiger partial charge in [-0.05, 0) is 6.07 Å². The van der Waals surface area contributed by atoms with Crippen molar-refractivity contribution in [3.63, 3.8) is 0 Å². The van der Waals surface area contributed by atoms with E-state index in [0.717, 1.165) is 5.56 Å². The SMILES string of the molecule is O=C1CN=C(c2ccncc2Cl)NN1. The van der Waals surface area contributed by atoms with Crippen LogP contribution in [0.1, 0.15) is 5.56 Å². The van der Waals surface area contributed by atoms with E-state index >= 15 is 0 Å². The van der Waals surface area contributed by atoms with Gasteiger partial charge in [-0.2, -0.15) is 0 Å². The first kappa shape index (κ1) is 8.96. The molecule has 0 atom stereocenters. The van der Waals surface area contributed by atoms with Crippen molar-refractivity contribution in [2.45, 2.75) is 0 Å². The Morgan fingerprint density at radius 2 is 2.29 bits per heavy atom. The second kappa shape index (κ2) is 3.63. The molecule has 0 fully saturated rings. The van der Waals surface area contributed by atoms with Gasteiger partial charge in [-0.15, -0.1) is 0 Å². The van der Waals surface area contributed by atoms with Gasteiger partial charge in [0, 0.05) is 18.0 Å². The summed E-state index contributed by atoms with van der Waals surface area (Å²) >= 11 is 5.90. The number of halogens is 1. The molecule has 0 saturated carbocycles. The highest BCUT2D eigenvalue weighted by atomic mass is 35.5. The molecule has 0 radical (unpaired) electrons. The van der Waals surface area contributed by atoms with E-state index in [1.54, 1.807) is 12.3 Å². The minimum Gasteiger partial charge on any atom is -0.282 e. The number of hydrogen-bond acceptors (Lipinski definition) is 4. The third-order valence-electron chi connectivity index (χ3n) is 1.73. The molecular formula is C8H7ClN4O. The molecule has 14 heavy (non-hydrogen) atoms. The van der Waals surface area contributed by atoms with Crippen molar-refractivity contribution in [3.05, 3.63) is 29.0 Å². The summed E-state index contributed by atoms with van der Waals surface area (Å²) < 4.78 is 0. The van der Waals surface area contributed by atoms with Crippen LogP contribution in [-0.4, -0.2) is 23.3 Å². The Balaban J connectivity index is 2.32. The monoisotopic (exact) mass is 210 g/mol. The van der Waals surface area contributed by atoms with Gasteiger partial charge < -0.3 is 0 Å². The number of amides is 1. The number of nitrogens with zero attached hydrogens (tertiary/aromatic N) is 2. The predicted octanol–water partition coefficient (Wildman–Crippen LogP) is 0.116. The number of rotatable bonds is 1. The molecule has 0 bridgehead atoms. The minimum atomic E-state index is -0.168. The molecule has 0 aromatic carbocycles. The Labute approximate surface area is 85.2 Å². The standard InChI is InChI=1S/C8H7ClN4O/c9-6-3-10-2-1-5(6)8-11-4-7(14)12-13-8/h1-3H,4H2,(H,11,13)(H,12,14). The molecule has 2 heterocycles. The molecule has 2 rings (SSSR count). The topological polar surface area (TPSA) is 66.4 Å². The molecule has 2 N–H and O–H groups in total. The third kappa shape index (κ3) is 1.67. The minimum absolute atomic E-state index is 0.112. The molecule has 1 aliphatic rings. The maximum Gasteiger partial charge on any atom is 0.260 e. The van der Waals surface area contributed by atoms with E-state index in [9.17, 15) is 4.79 Å². The lowest BCUT2D eigenvalue weighted by atomic mass is 10.2. The van der Waals surface area contributed by atoms with E-state index in [1.807, 2.05) is 0 Å². The summed E-state index contributed by atoms with van der Waals surface area (Å²) in [5.41, 5.74) is 5.85. The number of aliphatic imine (C=N–C) groups is 1. The van der Waals surface area contributed by atoms with Crippen molar-refractivity contribution in [2.75, 3.05) is 6.54 Å². The summed E-state index contributed by atoms with van der Waals surface area (Å²) in [6.07, 6.45) is 3.14. The van der Waals surface area contributed by atoms with E-state index in [2.05, 4.69) is 20.8 Å². The number of carbonyl (C=O) groups excluding carboxylic acids is 1. The smallest absolute Gasteiger partial charge is 0.260 e. The first-order chi connectivity index (χ1) is 6.77. The molecule has 1 amide bonds. The molecule has 5 nitrogen and oxygen atoms in total. The van der Waals surface area contributed by atoms with Crippen LogP contribution >= 0.6 is 11.6 Å². The lowest BCUT2D eigenvalue weighted by Crippen LogP contribution is -2.47. The molecule has 1 aromatic heterocycles. The lowest BCUT2D eigenvalue weighted by Gasteiger charge is -2.15. The van der Waals surface area contributed by atoms with Crippen LogP contribution in [0, 0.1) is 0 Å². The van der Waals surface area contributed by atoms with Crippen molar-refractivity contribution in [1.82, 2.24) is 15.8 Å². The largest absolute Gasteiger partial charge is 0.282 e. The van der Waals surface area contributed by atoms with Gasteiger partial charge in [0.25, 0.3) is 5.91 Å². The van der Waals surface area contributed by atoms with Gasteiger partial charge in [0.15, 0.2) is 0 Å². The van der Waals surface area contributed by atoms with Gasteiger partial charge >= 0.3 is 0 Å². The number of amidine groups is 1. The summed E-state index contributed by atoms with van der Waals surface area (Å²) in [5.74, 6) is 0.385. The molecule has 0 unspecified atom stereocenters. The van der Waals surface area contributed by atoms with Gasteiger partial charge in [-0.3, -0.25) is 25.6 Å². The first-order valence-electron chi connectivity index (χ1n) is 3.96. The summed E-state index contributed by atoms with van der Waals surface area (Å²) in [4.78, 5) is 18.7. The average Bonchev–Trinajstić information content (AvgIpc) is 2.20. The molecule has 1 aliphatic heterocycles. The number of aromatic nitrogens is 1. The fourth-order valence-electron chi connectivity index (χ4n) is 1.08. The quantitative estimate of drug-likeness (QED) is 0.692. The average molecular weight is 211 g/mol. The highest BCUT2D eigenvalue weighted by Gasteiger charge is 2.13. The fraction of sp³-hybridized carbons (Fsp3) is 0.125. The summed E-state index contributed by atoms with van der Waals surface area (Å²) in [7, 11) is 0. The lowest BCUT2D eigenvalue weighted by molar-refractivity contribution is -0.120. The normalized spacial score (nSPS) is 15.5. The second-order valence-corrected chi connectivity index (χ2v) is 3.10. The molecule has 0 aliphatic carbocycles. The number of carbonyl (C=O) groups is 1. The van der Waals surface area contributed by atoms with E-state index in [4.69, 9.17) is 11.6 Å². The number of pyridine rings is 1. The van der Waals surface area contributed by atoms with Gasteiger partial charge in [0.05, 0.1) is 5.02 Å². The predicted molar refractivity (Wildman–Crippen MR) is 51.9 cm³/mol. The Morgan fingerprint density at radius 1 is 1.43 bits per heavy atom. The maximum atomic E-state index is 10.8. The highest BCUT2D eigenvalue weighted by Crippen LogP contribution is 2.13. The third-order valence-corrected chi connectivity index (χ3v) is 2.03. The van der Waals surface area contributed by atoms with E-state index in [-0.39, 0.29) is 12.5 Å². The Morgan fingerprint density at radius 3 is 2.93 bits per heavy atom. The highest BCUT2D eigenvalue weighted by molar-refractivity contribution is 6.34. The summed E-state index contributed by atoms with van der Waals surface area (Å²) in [5, 5.41) is 0.495. The molecule has 0 spiro atoms. The molecule has 1 aromatic rings. The van der Waals surface area contributed by atoms with Gasteiger partial charge in [-0.1, -0.05) is 11.6 Å². The van der Waals surface area contributed by atoms with E-state index in [0.29, 0.717) is 10.9 Å². The van der Waals surface area contributed by atoms with Crippen LogP contribution in [-0.2, 0) is 4.79 Å². The van der Waals surface area contributed by atoms with Crippen molar-refractivity contribution in [1.29, 1.82) is 0 Å². The van der Waals surface area contributed by atoms with Crippen LogP contribution in [0.4, 0.5) is 0 Å². The number of nitrogens with one attached hydrogen (secondary N) is 2. The molecule has 0 saturated heterocycles. The van der Waals surface area contributed by atoms with Crippen molar-refractivity contribution < 1.29 is 4.79 Å². The van der Waals surface area contributed by atoms with Crippen molar-refractivity contribution in [2.24, 2.45) is 4.99 Å². The van der Waals surface area contributed by atoms with Gasteiger partial charge in [0.2, 0.25) is 0 Å². The molecule has 72 valence electrons. The number of hydrogen-bond donors (Lipinski definition) is 2. The van der Waals surface area contributed by atoms with Crippen LogP contribution in [0.15, 0.2) is 23.5 Å². The Hall–Kier alpha value is -1.62. The van der Waals surface area contributed by atoms with E-state index < -0.39 is 0 Å². The van der Waals surface area contributed by atoms with Crippen LogP contribution in [0.2, 0.25) is 5.02 Å². The zero-order valence-electron chi connectivity index (χ0n) is 7.12. The summed E-state index contributed by atoms with van der Waals surface area (Å²) in [6.45, 7) is 0.112. The van der Waals surface area contributed by atoms with Crippen LogP contribution in [0.25, 0.3) is 0 Å². The maximum absolute atomic E-state index is 10.8. The van der Waals surface area contributed by atoms with Crippen LogP contribution < -0.4 is 10.9 Å². The van der Waals surface area contributed by atoms with Crippen molar-refractivity contribution in [3.8, 4) is 0 Å². The van der Waals surface area contributed by atoms with Crippen LogP contribution in [0.3, 0.4) is 0 Å². The van der Waals surface area contributed by atoms with Gasteiger partial charge in [-0.25, -0.2) is 0 Å². The Bertz CT molecular complexity index is 404. The summed E-state index contributed by atoms with van der Waals surface area (Å²) in [6, 6.07) is 1.73. The van der Waals surface area contributed by atoms with Crippen LogP contribution in [0.5, 0.6) is 0 Å². The molecule has 6 heteroatoms. The van der Waals surface area contributed by atoms with E-state index in [1.165, 1.54) is 6.20 Å². The number of hydrazine groups is 1. The second-order valence-electron chi connectivity index (χ2n) is 2.69.